The molecule has 0 aliphatic rings. The van der Waals surface area contributed by atoms with Gasteiger partial charge < -0.3 is 9.84 Å². The number of allylic oxidation sites excluding steroid dienone is 1. The average molecular weight is 311 g/mol. The van der Waals surface area contributed by atoms with E-state index in [-0.39, 0.29) is 13.0 Å². The summed E-state index contributed by atoms with van der Waals surface area (Å²) < 4.78 is 5.01. The Hall–Kier alpha value is -1.81. The van der Waals surface area contributed by atoms with Crippen LogP contribution >= 0.6 is 11.6 Å². The number of halogens is 1. The van der Waals surface area contributed by atoms with Gasteiger partial charge in [-0.2, -0.15) is 0 Å². The van der Waals surface area contributed by atoms with Gasteiger partial charge in [-0.25, -0.2) is 0 Å². The van der Waals surface area contributed by atoms with E-state index in [9.17, 15) is 14.7 Å². The van der Waals surface area contributed by atoms with Crippen LogP contribution in [0.15, 0.2) is 36.9 Å². The first-order valence-corrected chi connectivity index (χ1v) is 7.14. The summed E-state index contributed by atoms with van der Waals surface area (Å²) in [5.74, 6) is -1.96. The van der Waals surface area contributed by atoms with E-state index in [2.05, 4.69) is 6.58 Å². The predicted molar refractivity (Wildman–Crippen MR) is 81.4 cm³/mol. The summed E-state index contributed by atoms with van der Waals surface area (Å²) >= 11 is 5.83. The van der Waals surface area contributed by atoms with Crippen molar-refractivity contribution in [3.05, 3.63) is 47.5 Å². The smallest absolute Gasteiger partial charge is 0.328 e. The summed E-state index contributed by atoms with van der Waals surface area (Å²) in [6, 6.07) is 6.26. The lowest BCUT2D eigenvalue weighted by Crippen LogP contribution is -2.45. The highest BCUT2D eigenvalue weighted by Gasteiger charge is 2.48. The standard InChI is InChI=1S/C16H19ClO4/c1-3-5-6-11-16(14(18)19,15(20)21-4-2)12-7-9-13(17)10-8-12/h3,7-10H,1,4-6,11H2,2H3,(H,18,19). The lowest BCUT2D eigenvalue weighted by atomic mass is 9.76. The number of benzene rings is 1. The lowest BCUT2D eigenvalue weighted by Gasteiger charge is -2.27. The third kappa shape index (κ3) is 3.85. The number of carbonyl (C=O) groups excluding carboxylic acids is 1. The van der Waals surface area contributed by atoms with Crippen LogP contribution in [-0.4, -0.2) is 23.7 Å². The van der Waals surface area contributed by atoms with Crippen LogP contribution in [0.4, 0.5) is 0 Å². The van der Waals surface area contributed by atoms with Crippen LogP contribution in [0.2, 0.25) is 5.02 Å². The zero-order valence-electron chi connectivity index (χ0n) is 12.0. The second-order valence-corrected chi connectivity index (χ2v) is 5.06. The fourth-order valence-corrected chi connectivity index (χ4v) is 2.31. The molecule has 1 unspecified atom stereocenters. The molecule has 0 spiro atoms. The second kappa shape index (κ2) is 7.84. The number of ether oxygens (including phenoxy) is 1. The molecular weight excluding hydrogens is 292 g/mol. The van der Waals surface area contributed by atoms with Gasteiger partial charge in [0.1, 0.15) is 0 Å². The molecule has 5 heteroatoms. The Morgan fingerprint density at radius 3 is 2.48 bits per heavy atom. The van der Waals surface area contributed by atoms with E-state index < -0.39 is 17.4 Å². The lowest BCUT2D eigenvalue weighted by molar-refractivity contribution is -0.162. The third-order valence-corrected chi connectivity index (χ3v) is 3.54. The van der Waals surface area contributed by atoms with Gasteiger partial charge in [0.15, 0.2) is 5.41 Å². The summed E-state index contributed by atoms with van der Waals surface area (Å²) in [5.41, 5.74) is -1.33. The summed E-state index contributed by atoms with van der Waals surface area (Å²) in [7, 11) is 0. The molecule has 1 N–H and O–H groups in total. The normalized spacial score (nSPS) is 13.2. The summed E-state index contributed by atoms with van der Waals surface area (Å²) in [4.78, 5) is 24.2. The molecular formula is C16H19ClO4. The van der Waals surface area contributed by atoms with Crippen LogP contribution in [0.25, 0.3) is 0 Å². The minimum Gasteiger partial charge on any atom is -0.480 e. The van der Waals surface area contributed by atoms with E-state index in [0.717, 1.165) is 0 Å². The number of carboxylic acids is 1. The van der Waals surface area contributed by atoms with Crippen LogP contribution < -0.4 is 0 Å². The molecule has 114 valence electrons. The second-order valence-electron chi connectivity index (χ2n) is 4.62. The third-order valence-electron chi connectivity index (χ3n) is 3.29. The molecule has 0 aliphatic carbocycles. The molecule has 1 aromatic rings. The van der Waals surface area contributed by atoms with Gasteiger partial charge in [-0.3, -0.25) is 9.59 Å². The minimum absolute atomic E-state index is 0.128. The van der Waals surface area contributed by atoms with E-state index in [1.807, 2.05) is 0 Å². The Labute approximate surface area is 129 Å². The van der Waals surface area contributed by atoms with E-state index in [0.29, 0.717) is 23.4 Å². The van der Waals surface area contributed by atoms with E-state index in [4.69, 9.17) is 16.3 Å². The maximum Gasteiger partial charge on any atom is 0.328 e. The van der Waals surface area contributed by atoms with Gasteiger partial charge in [-0.1, -0.05) is 29.8 Å². The Morgan fingerprint density at radius 2 is 2.00 bits per heavy atom. The van der Waals surface area contributed by atoms with Crippen molar-refractivity contribution in [1.82, 2.24) is 0 Å². The zero-order chi connectivity index (χ0) is 15.9. The Kier molecular flexibility index (Phi) is 6.43. The number of aliphatic carboxylic acids is 1. The largest absolute Gasteiger partial charge is 0.480 e. The molecule has 0 amide bonds. The van der Waals surface area contributed by atoms with Gasteiger partial charge in [-0.05, 0) is 43.9 Å². The maximum absolute atomic E-state index is 12.3. The Morgan fingerprint density at radius 1 is 1.38 bits per heavy atom. The number of carboxylic acid groups (broad SMARTS) is 1. The number of unbranched alkanes of at least 4 members (excludes halogenated alkanes) is 1. The first kappa shape index (κ1) is 17.2. The van der Waals surface area contributed by atoms with Crippen LogP contribution in [0.5, 0.6) is 0 Å². The maximum atomic E-state index is 12.3. The molecule has 0 saturated heterocycles. The van der Waals surface area contributed by atoms with Gasteiger partial charge in [-0.15, -0.1) is 6.58 Å². The SMILES string of the molecule is C=CCCCC(C(=O)O)(C(=O)OCC)c1ccc(Cl)cc1. The quantitative estimate of drug-likeness (QED) is 0.345. The molecule has 4 nitrogen and oxygen atoms in total. The van der Waals surface area contributed by atoms with E-state index in [1.165, 1.54) is 0 Å². The predicted octanol–water partition coefficient (Wildman–Crippen LogP) is 3.58. The highest BCUT2D eigenvalue weighted by atomic mass is 35.5. The first-order valence-electron chi connectivity index (χ1n) is 6.76. The van der Waals surface area contributed by atoms with Gasteiger partial charge in [0.25, 0.3) is 0 Å². The molecule has 0 fully saturated rings. The van der Waals surface area contributed by atoms with Crippen molar-refractivity contribution in [3.63, 3.8) is 0 Å². The van der Waals surface area contributed by atoms with Gasteiger partial charge in [0.2, 0.25) is 0 Å². The first-order chi connectivity index (χ1) is 9.98. The molecule has 1 aromatic carbocycles. The fraction of sp³-hybridized carbons (Fsp3) is 0.375. The molecule has 1 rings (SSSR count). The van der Waals surface area contributed by atoms with Gasteiger partial charge in [0, 0.05) is 5.02 Å². The highest BCUT2D eigenvalue weighted by molar-refractivity contribution is 6.30. The number of carbonyl (C=O) groups is 2. The van der Waals surface area contributed by atoms with E-state index in [1.54, 1.807) is 37.3 Å². The number of rotatable bonds is 8. The van der Waals surface area contributed by atoms with Gasteiger partial charge >= 0.3 is 11.9 Å². The summed E-state index contributed by atoms with van der Waals surface area (Å²) in [6.07, 6.45) is 2.99. The molecule has 0 radical (unpaired) electrons. The molecule has 0 heterocycles. The number of hydrogen-bond acceptors (Lipinski definition) is 3. The van der Waals surface area contributed by atoms with E-state index >= 15 is 0 Å². The van der Waals surface area contributed by atoms with Crippen LogP contribution in [-0.2, 0) is 19.7 Å². The molecule has 0 bridgehead atoms. The molecule has 1 atom stereocenters. The Bertz CT molecular complexity index is 510. The van der Waals surface area contributed by atoms with Crippen molar-refractivity contribution in [2.24, 2.45) is 0 Å². The average Bonchev–Trinajstić information content (AvgIpc) is 2.45. The van der Waals surface area contributed by atoms with Crippen LogP contribution in [0.3, 0.4) is 0 Å². The molecule has 21 heavy (non-hydrogen) atoms. The number of hydrogen-bond donors (Lipinski definition) is 1. The topological polar surface area (TPSA) is 63.6 Å². The minimum atomic E-state index is -1.70. The molecule has 0 saturated carbocycles. The Balaban J connectivity index is 3.28. The van der Waals surface area contributed by atoms with Crippen molar-refractivity contribution in [3.8, 4) is 0 Å². The van der Waals surface area contributed by atoms with Crippen LogP contribution in [0.1, 0.15) is 31.7 Å². The van der Waals surface area contributed by atoms with Crippen molar-refractivity contribution in [1.29, 1.82) is 0 Å². The molecule has 0 aliphatic heterocycles. The number of esters is 1. The monoisotopic (exact) mass is 310 g/mol. The zero-order valence-corrected chi connectivity index (χ0v) is 12.7. The summed E-state index contributed by atoms with van der Waals surface area (Å²) in [6.45, 7) is 5.39. The van der Waals surface area contributed by atoms with Crippen molar-refractivity contribution in [2.45, 2.75) is 31.6 Å². The van der Waals surface area contributed by atoms with Crippen molar-refractivity contribution < 1.29 is 19.4 Å². The summed E-state index contributed by atoms with van der Waals surface area (Å²) in [5, 5.41) is 10.2. The van der Waals surface area contributed by atoms with Crippen LogP contribution in [0, 0.1) is 0 Å². The molecule has 0 aromatic heterocycles. The van der Waals surface area contributed by atoms with Gasteiger partial charge in [0.05, 0.1) is 6.61 Å². The highest BCUT2D eigenvalue weighted by Crippen LogP contribution is 2.33. The van der Waals surface area contributed by atoms with Crippen molar-refractivity contribution in [2.75, 3.05) is 6.61 Å². The fourth-order valence-electron chi connectivity index (χ4n) is 2.18. The van der Waals surface area contributed by atoms with Crippen molar-refractivity contribution >= 4 is 23.5 Å².